The van der Waals surface area contributed by atoms with Gasteiger partial charge in [-0.1, -0.05) is 5.16 Å². The normalized spacial score (nSPS) is 25.7. The molecule has 2 fully saturated rings. The molecule has 0 radical (unpaired) electrons. The van der Waals surface area contributed by atoms with Crippen LogP contribution < -0.4 is 0 Å². The predicted molar refractivity (Wildman–Crippen MR) is 93.1 cm³/mol. The summed E-state index contributed by atoms with van der Waals surface area (Å²) in [6, 6.07) is 4.01. The molecule has 1 unspecified atom stereocenters. The Kier molecular flexibility index (Phi) is 4.67. The Balaban J connectivity index is 1.43. The van der Waals surface area contributed by atoms with E-state index in [1.807, 2.05) is 19.9 Å². The van der Waals surface area contributed by atoms with Crippen LogP contribution in [0.3, 0.4) is 0 Å². The van der Waals surface area contributed by atoms with Crippen LogP contribution in [0.1, 0.15) is 29.2 Å². The number of likely N-dealkylation sites (tertiary alicyclic amines) is 1. The second kappa shape index (κ2) is 6.94. The molecule has 0 N–H and O–H groups in total. The molecule has 1 atom stereocenters. The number of aryl methyl sites for hydroxylation is 2. The fourth-order valence-corrected chi connectivity index (χ4v) is 4.20. The molecule has 0 bridgehead atoms. The lowest BCUT2D eigenvalue weighted by atomic mass is 9.87. The molecule has 0 aromatic carbocycles. The third kappa shape index (κ3) is 3.66. The molecular formula is C19H27N3O3. The Labute approximate surface area is 148 Å². The number of rotatable bonds is 4. The summed E-state index contributed by atoms with van der Waals surface area (Å²) in [6.07, 6.45) is 2.92. The number of ether oxygens (including phenoxy) is 1. The molecule has 2 saturated heterocycles. The number of furan rings is 1. The van der Waals surface area contributed by atoms with E-state index in [2.05, 4.69) is 21.0 Å². The van der Waals surface area contributed by atoms with Gasteiger partial charge in [0.2, 0.25) is 0 Å². The zero-order valence-corrected chi connectivity index (χ0v) is 15.2. The van der Waals surface area contributed by atoms with Crippen molar-refractivity contribution < 1.29 is 13.7 Å². The maximum absolute atomic E-state index is 5.99. The van der Waals surface area contributed by atoms with Crippen molar-refractivity contribution in [1.82, 2.24) is 15.0 Å². The average Bonchev–Trinajstić information content (AvgIpc) is 3.27. The molecule has 4 heterocycles. The molecule has 2 aliphatic rings. The van der Waals surface area contributed by atoms with Gasteiger partial charge in [-0.05, 0) is 38.9 Å². The fourth-order valence-electron chi connectivity index (χ4n) is 4.20. The number of hydrogen-bond donors (Lipinski definition) is 0. The summed E-state index contributed by atoms with van der Waals surface area (Å²) in [5.74, 6) is 1.97. The Morgan fingerprint density at radius 3 is 2.72 bits per heavy atom. The van der Waals surface area contributed by atoms with Gasteiger partial charge in [-0.25, -0.2) is 0 Å². The molecule has 6 nitrogen and oxygen atoms in total. The summed E-state index contributed by atoms with van der Waals surface area (Å²) in [6.45, 7) is 11.6. The molecule has 0 amide bonds. The Morgan fingerprint density at radius 2 is 2.00 bits per heavy atom. The van der Waals surface area contributed by atoms with Gasteiger partial charge in [-0.2, -0.15) is 0 Å². The van der Waals surface area contributed by atoms with Gasteiger partial charge in [0.1, 0.15) is 11.5 Å². The van der Waals surface area contributed by atoms with Gasteiger partial charge in [-0.3, -0.25) is 9.80 Å². The first-order valence-corrected chi connectivity index (χ1v) is 9.10. The van der Waals surface area contributed by atoms with E-state index in [1.54, 1.807) is 6.26 Å². The first-order valence-electron chi connectivity index (χ1n) is 9.10. The molecular weight excluding hydrogens is 318 g/mol. The molecule has 6 heteroatoms. The number of hydrogen-bond acceptors (Lipinski definition) is 6. The Hall–Kier alpha value is -1.63. The van der Waals surface area contributed by atoms with Crippen molar-refractivity contribution >= 4 is 0 Å². The van der Waals surface area contributed by atoms with Gasteiger partial charge < -0.3 is 13.7 Å². The highest BCUT2D eigenvalue weighted by molar-refractivity contribution is 5.20. The monoisotopic (exact) mass is 345 g/mol. The minimum atomic E-state index is 0.210. The van der Waals surface area contributed by atoms with Crippen molar-refractivity contribution in [1.29, 1.82) is 0 Å². The highest BCUT2D eigenvalue weighted by Gasteiger charge is 2.41. The van der Waals surface area contributed by atoms with Crippen molar-refractivity contribution in [2.45, 2.75) is 33.4 Å². The summed E-state index contributed by atoms with van der Waals surface area (Å²) in [7, 11) is 0. The van der Waals surface area contributed by atoms with Crippen molar-refractivity contribution in [2.24, 2.45) is 5.41 Å². The summed E-state index contributed by atoms with van der Waals surface area (Å²) in [5.41, 5.74) is 2.44. The quantitative estimate of drug-likeness (QED) is 0.849. The third-order valence-corrected chi connectivity index (χ3v) is 5.56. The maximum atomic E-state index is 5.99. The second-order valence-corrected chi connectivity index (χ2v) is 7.61. The first-order chi connectivity index (χ1) is 12.1. The van der Waals surface area contributed by atoms with Crippen molar-refractivity contribution in [2.75, 3.05) is 39.4 Å². The van der Waals surface area contributed by atoms with Crippen LogP contribution in [0.2, 0.25) is 0 Å². The molecule has 1 spiro atoms. The Bertz CT molecular complexity index is 677. The lowest BCUT2D eigenvalue weighted by molar-refractivity contribution is 0.0700. The lowest BCUT2D eigenvalue weighted by Gasteiger charge is -2.32. The van der Waals surface area contributed by atoms with E-state index >= 15 is 0 Å². The van der Waals surface area contributed by atoms with Crippen molar-refractivity contribution in [3.05, 3.63) is 41.2 Å². The second-order valence-electron chi connectivity index (χ2n) is 7.61. The highest BCUT2D eigenvalue weighted by Crippen LogP contribution is 2.35. The standard InChI is InChI=1S/C19H27N3O3/c1-15-18(16(2)25-20-15)11-22-7-9-23-14-19(13-22)5-6-21(12-19)10-17-4-3-8-24-17/h3-4,8H,5-7,9-14H2,1-2H3. The van der Waals surface area contributed by atoms with Gasteiger partial charge in [0.05, 0.1) is 31.7 Å². The van der Waals surface area contributed by atoms with E-state index in [0.717, 1.165) is 69.7 Å². The summed E-state index contributed by atoms with van der Waals surface area (Å²) >= 11 is 0. The lowest BCUT2D eigenvalue weighted by Crippen LogP contribution is -2.40. The topological polar surface area (TPSA) is 54.9 Å². The van der Waals surface area contributed by atoms with Crippen molar-refractivity contribution in [3.63, 3.8) is 0 Å². The number of aromatic nitrogens is 1. The molecule has 2 aliphatic heterocycles. The van der Waals surface area contributed by atoms with E-state index in [-0.39, 0.29) is 5.41 Å². The Morgan fingerprint density at radius 1 is 1.16 bits per heavy atom. The molecule has 0 saturated carbocycles. The third-order valence-electron chi connectivity index (χ3n) is 5.56. The SMILES string of the molecule is Cc1noc(C)c1CN1CCOCC2(CCN(Cc3ccco3)C2)C1. The zero-order chi connectivity index (χ0) is 17.3. The average molecular weight is 345 g/mol. The van der Waals surface area contributed by atoms with E-state index in [9.17, 15) is 0 Å². The van der Waals surface area contributed by atoms with E-state index in [0.29, 0.717) is 0 Å². The summed E-state index contributed by atoms with van der Waals surface area (Å²) in [5, 5.41) is 4.10. The molecule has 2 aromatic rings. The smallest absolute Gasteiger partial charge is 0.138 e. The first kappa shape index (κ1) is 16.8. The summed E-state index contributed by atoms with van der Waals surface area (Å²) < 4.78 is 16.8. The molecule has 4 rings (SSSR count). The molecule has 0 aliphatic carbocycles. The van der Waals surface area contributed by atoms with E-state index < -0.39 is 0 Å². The van der Waals surface area contributed by atoms with E-state index in [4.69, 9.17) is 13.7 Å². The zero-order valence-electron chi connectivity index (χ0n) is 15.2. The predicted octanol–water partition coefficient (Wildman–Crippen LogP) is 2.61. The molecule has 136 valence electrons. The van der Waals surface area contributed by atoms with Crippen LogP contribution in [0.25, 0.3) is 0 Å². The van der Waals surface area contributed by atoms with Crippen LogP contribution >= 0.6 is 0 Å². The fraction of sp³-hybridized carbons (Fsp3) is 0.632. The van der Waals surface area contributed by atoms with Crippen LogP contribution in [0.4, 0.5) is 0 Å². The van der Waals surface area contributed by atoms with E-state index in [1.165, 1.54) is 12.0 Å². The van der Waals surface area contributed by atoms with Crippen LogP contribution in [0, 0.1) is 19.3 Å². The van der Waals surface area contributed by atoms with Crippen LogP contribution in [-0.2, 0) is 17.8 Å². The van der Waals surface area contributed by atoms with Crippen LogP contribution in [0.15, 0.2) is 27.3 Å². The minimum absolute atomic E-state index is 0.210. The number of nitrogens with zero attached hydrogens (tertiary/aromatic N) is 3. The largest absolute Gasteiger partial charge is 0.468 e. The maximum Gasteiger partial charge on any atom is 0.138 e. The minimum Gasteiger partial charge on any atom is -0.468 e. The summed E-state index contributed by atoms with van der Waals surface area (Å²) in [4.78, 5) is 5.00. The highest BCUT2D eigenvalue weighted by atomic mass is 16.5. The van der Waals surface area contributed by atoms with Gasteiger partial charge in [0, 0.05) is 37.2 Å². The van der Waals surface area contributed by atoms with Gasteiger partial charge in [-0.15, -0.1) is 0 Å². The molecule has 2 aromatic heterocycles. The van der Waals surface area contributed by atoms with Crippen molar-refractivity contribution in [3.8, 4) is 0 Å². The van der Waals surface area contributed by atoms with Gasteiger partial charge in [0.25, 0.3) is 0 Å². The van der Waals surface area contributed by atoms with Gasteiger partial charge in [0.15, 0.2) is 0 Å². The van der Waals surface area contributed by atoms with Crippen LogP contribution in [0.5, 0.6) is 0 Å². The molecule has 25 heavy (non-hydrogen) atoms. The van der Waals surface area contributed by atoms with Crippen LogP contribution in [-0.4, -0.2) is 54.3 Å². The van der Waals surface area contributed by atoms with Gasteiger partial charge >= 0.3 is 0 Å².